The van der Waals surface area contributed by atoms with Crippen LogP contribution >= 0.6 is 11.6 Å². The first-order valence-corrected chi connectivity index (χ1v) is 6.51. The SMILES string of the molecule is NC(CO)Cc1ccc(-c2cc(C(F)(F)F)ccc2Cl)o1. The van der Waals surface area contributed by atoms with Gasteiger partial charge in [0.15, 0.2) is 0 Å². The highest BCUT2D eigenvalue weighted by Gasteiger charge is 2.31. The molecular formula is C14H13ClF3NO2. The monoisotopic (exact) mass is 319 g/mol. The highest BCUT2D eigenvalue weighted by Crippen LogP contribution is 2.36. The summed E-state index contributed by atoms with van der Waals surface area (Å²) in [6.07, 6.45) is -4.17. The molecule has 114 valence electrons. The van der Waals surface area contributed by atoms with Crippen molar-refractivity contribution in [1.29, 1.82) is 0 Å². The van der Waals surface area contributed by atoms with E-state index in [0.29, 0.717) is 5.76 Å². The molecule has 21 heavy (non-hydrogen) atoms. The Morgan fingerprint density at radius 3 is 2.57 bits per heavy atom. The topological polar surface area (TPSA) is 59.4 Å². The molecule has 1 aromatic carbocycles. The average Bonchev–Trinajstić information content (AvgIpc) is 2.86. The van der Waals surface area contributed by atoms with Gasteiger partial charge in [-0.1, -0.05) is 11.6 Å². The number of hydrogen-bond acceptors (Lipinski definition) is 3. The van der Waals surface area contributed by atoms with E-state index < -0.39 is 17.8 Å². The molecule has 0 spiro atoms. The predicted octanol–water partition coefficient (Wildman–Crippen LogP) is 3.48. The molecule has 0 radical (unpaired) electrons. The quantitative estimate of drug-likeness (QED) is 0.907. The van der Waals surface area contributed by atoms with Crippen molar-refractivity contribution in [3.63, 3.8) is 0 Å². The second-order valence-corrected chi connectivity index (χ2v) is 5.01. The van der Waals surface area contributed by atoms with Crippen molar-refractivity contribution < 1.29 is 22.7 Å². The lowest BCUT2D eigenvalue weighted by atomic mass is 10.1. The fraction of sp³-hybridized carbons (Fsp3) is 0.286. The van der Waals surface area contributed by atoms with Gasteiger partial charge >= 0.3 is 6.18 Å². The molecule has 0 bridgehead atoms. The van der Waals surface area contributed by atoms with Crippen LogP contribution in [0.25, 0.3) is 11.3 Å². The van der Waals surface area contributed by atoms with Gasteiger partial charge in [0, 0.05) is 18.0 Å². The molecule has 2 aromatic rings. The maximum atomic E-state index is 12.7. The van der Waals surface area contributed by atoms with Crippen molar-refractivity contribution in [1.82, 2.24) is 0 Å². The summed E-state index contributed by atoms with van der Waals surface area (Å²) in [5.74, 6) is 0.700. The first-order chi connectivity index (χ1) is 9.81. The van der Waals surface area contributed by atoms with Crippen LogP contribution in [-0.2, 0) is 12.6 Å². The van der Waals surface area contributed by atoms with Crippen LogP contribution in [0.15, 0.2) is 34.7 Å². The van der Waals surface area contributed by atoms with Gasteiger partial charge in [-0.25, -0.2) is 0 Å². The number of furan rings is 1. The van der Waals surface area contributed by atoms with Gasteiger partial charge in [-0.2, -0.15) is 13.2 Å². The third-order valence-corrected chi connectivity index (χ3v) is 3.25. The molecule has 2 rings (SSSR count). The number of rotatable bonds is 4. The van der Waals surface area contributed by atoms with Crippen molar-refractivity contribution in [3.8, 4) is 11.3 Å². The number of aliphatic hydroxyl groups is 1. The molecule has 0 aliphatic heterocycles. The lowest BCUT2D eigenvalue weighted by Crippen LogP contribution is -2.26. The molecule has 0 saturated heterocycles. The van der Waals surface area contributed by atoms with E-state index in [9.17, 15) is 13.2 Å². The Morgan fingerprint density at radius 2 is 1.95 bits per heavy atom. The van der Waals surface area contributed by atoms with Gasteiger partial charge in [-0.3, -0.25) is 0 Å². The Labute approximate surface area is 124 Å². The zero-order valence-corrected chi connectivity index (χ0v) is 11.6. The van der Waals surface area contributed by atoms with Crippen LogP contribution in [0.1, 0.15) is 11.3 Å². The minimum atomic E-state index is -4.45. The Balaban J connectivity index is 2.33. The minimum absolute atomic E-state index is 0.162. The fourth-order valence-corrected chi connectivity index (χ4v) is 2.06. The summed E-state index contributed by atoms with van der Waals surface area (Å²) in [4.78, 5) is 0. The number of aliphatic hydroxyl groups excluding tert-OH is 1. The summed E-state index contributed by atoms with van der Waals surface area (Å²) in [5, 5.41) is 9.04. The summed E-state index contributed by atoms with van der Waals surface area (Å²) < 4.78 is 43.6. The van der Waals surface area contributed by atoms with Gasteiger partial charge in [0.05, 0.1) is 17.2 Å². The van der Waals surface area contributed by atoms with Gasteiger partial charge in [0.2, 0.25) is 0 Å². The van der Waals surface area contributed by atoms with Crippen molar-refractivity contribution in [2.75, 3.05) is 6.61 Å². The van der Waals surface area contributed by atoms with E-state index in [1.54, 1.807) is 6.07 Å². The smallest absolute Gasteiger partial charge is 0.416 e. The minimum Gasteiger partial charge on any atom is -0.461 e. The van der Waals surface area contributed by atoms with Crippen LogP contribution in [0.3, 0.4) is 0 Å². The summed E-state index contributed by atoms with van der Waals surface area (Å²) in [5.41, 5.74) is 4.94. The van der Waals surface area contributed by atoms with Gasteiger partial charge in [-0.15, -0.1) is 0 Å². The number of benzene rings is 1. The van der Waals surface area contributed by atoms with Crippen LogP contribution in [0, 0.1) is 0 Å². The van der Waals surface area contributed by atoms with Crippen LogP contribution < -0.4 is 5.73 Å². The molecule has 3 nitrogen and oxygen atoms in total. The summed E-state index contributed by atoms with van der Waals surface area (Å²) in [7, 11) is 0. The molecule has 0 aliphatic rings. The first-order valence-electron chi connectivity index (χ1n) is 6.13. The lowest BCUT2D eigenvalue weighted by molar-refractivity contribution is -0.137. The van der Waals surface area contributed by atoms with Crippen LogP contribution in [0.5, 0.6) is 0 Å². The summed E-state index contributed by atoms with van der Waals surface area (Å²) >= 11 is 5.93. The normalized spacial score (nSPS) is 13.4. The number of halogens is 4. The second-order valence-electron chi connectivity index (χ2n) is 4.61. The molecule has 3 N–H and O–H groups in total. The van der Waals surface area contributed by atoms with Gasteiger partial charge in [0.1, 0.15) is 11.5 Å². The number of alkyl halides is 3. The number of hydrogen-bond donors (Lipinski definition) is 2. The standard InChI is InChI=1S/C14H13ClF3NO2/c15-12-3-1-8(14(16,17)18)5-11(12)13-4-2-10(21-13)6-9(19)7-20/h1-5,9,20H,6-7,19H2. The zero-order chi connectivity index (χ0) is 15.6. The van der Waals surface area contributed by atoms with E-state index in [1.165, 1.54) is 12.1 Å². The van der Waals surface area contributed by atoms with Crippen LogP contribution in [0.2, 0.25) is 5.02 Å². The van der Waals surface area contributed by atoms with Crippen molar-refractivity contribution in [2.45, 2.75) is 18.6 Å². The Bertz CT molecular complexity index is 625. The molecule has 0 amide bonds. The molecular weight excluding hydrogens is 307 g/mol. The molecule has 0 aliphatic carbocycles. The van der Waals surface area contributed by atoms with Gasteiger partial charge < -0.3 is 15.3 Å². The third kappa shape index (κ3) is 3.78. The van der Waals surface area contributed by atoms with Gasteiger partial charge in [0.25, 0.3) is 0 Å². The van der Waals surface area contributed by atoms with E-state index in [0.717, 1.165) is 12.1 Å². The predicted molar refractivity (Wildman–Crippen MR) is 72.9 cm³/mol. The lowest BCUT2D eigenvalue weighted by Gasteiger charge is -2.09. The van der Waals surface area contributed by atoms with E-state index in [1.807, 2.05) is 0 Å². The Kier molecular flexibility index (Phi) is 4.61. The molecule has 0 saturated carbocycles. The Hall–Kier alpha value is -1.50. The first kappa shape index (κ1) is 15.9. The van der Waals surface area contributed by atoms with E-state index in [-0.39, 0.29) is 29.4 Å². The van der Waals surface area contributed by atoms with Crippen LogP contribution in [-0.4, -0.2) is 17.8 Å². The van der Waals surface area contributed by atoms with E-state index >= 15 is 0 Å². The second kappa shape index (κ2) is 6.09. The maximum absolute atomic E-state index is 12.7. The van der Waals surface area contributed by atoms with Crippen LogP contribution in [0.4, 0.5) is 13.2 Å². The molecule has 1 heterocycles. The van der Waals surface area contributed by atoms with Crippen molar-refractivity contribution in [2.24, 2.45) is 5.73 Å². The van der Waals surface area contributed by atoms with E-state index in [4.69, 9.17) is 26.9 Å². The van der Waals surface area contributed by atoms with Crippen molar-refractivity contribution in [3.05, 3.63) is 46.7 Å². The number of nitrogens with two attached hydrogens (primary N) is 1. The zero-order valence-electron chi connectivity index (χ0n) is 10.8. The molecule has 1 aromatic heterocycles. The third-order valence-electron chi connectivity index (χ3n) is 2.92. The largest absolute Gasteiger partial charge is 0.461 e. The Morgan fingerprint density at radius 1 is 1.24 bits per heavy atom. The molecule has 1 unspecified atom stereocenters. The summed E-state index contributed by atoms with van der Waals surface area (Å²) in [6.45, 7) is -0.208. The van der Waals surface area contributed by atoms with Crippen molar-refractivity contribution >= 4 is 11.6 Å². The van der Waals surface area contributed by atoms with Gasteiger partial charge in [-0.05, 0) is 30.3 Å². The highest BCUT2D eigenvalue weighted by atomic mass is 35.5. The average molecular weight is 320 g/mol. The molecule has 0 fully saturated rings. The summed E-state index contributed by atoms with van der Waals surface area (Å²) in [6, 6.07) is 5.68. The molecule has 1 atom stereocenters. The highest BCUT2D eigenvalue weighted by molar-refractivity contribution is 6.33. The molecule has 7 heteroatoms. The maximum Gasteiger partial charge on any atom is 0.416 e. The van der Waals surface area contributed by atoms with E-state index in [2.05, 4.69) is 0 Å². The fourth-order valence-electron chi connectivity index (χ4n) is 1.85.